The van der Waals surface area contributed by atoms with Crippen LogP contribution in [0.5, 0.6) is 0 Å². The van der Waals surface area contributed by atoms with Crippen LogP contribution in [0.2, 0.25) is 5.02 Å². The summed E-state index contributed by atoms with van der Waals surface area (Å²) < 4.78 is 5.47. The third-order valence-corrected chi connectivity index (χ3v) is 3.99. The fraction of sp³-hybridized carbons (Fsp3) is 0.529. The van der Waals surface area contributed by atoms with Gasteiger partial charge in [0.15, 0.2) is 0 Å². The quantitative estimate of drug-likeness (QED) is 0.660. The maximum atomic E-state index is 12.0. The van der Waals surface area contributed by atoms with E-state index in [0.717, 1.165) is 5.56 Å². The fourth-order valence-corrected chi connectivity index (χ4v) is 2.38. The lowest BCUT2D eigenvalue weighted by Gasteiger charge is -2.24. The minimum atomic E-state index is -0.629. The molecular weight excluding hydrogens is 330 g/mol. The highest BCUT2D eigenvalue weighted by Gasteiger charge is 2.22. The monoisotopic (exact) mass is 355 g/mol. The molecule has 134 valence electrons. The Balaban J connectivity index is 2.55. The number of ether oxygens (including phenoxy) is 1. The van der Waals surface area contributed by atoms with E-state index < -0.39 is 6.04 Å². The Kier molecular flexibility index (Phi) is 8.18. The van der Waals surface area contributed by atoms with Gasteiger partial charge in [0, 0.05) is 12.1 Å². The van der Waals surface area contributed by atoms with E-state index in [2.05, 4.69) is 10.6 Å². The summed E-state index contributed by atoms with van der Waals surface area (Å²) in [6.07, 6.45) is -0.320. The van der Waals surface area contributed by atoms with Gasteiger partial charge in [-0.25, -0.2) is 0 Å². The Bertz CT molecular complexity index is 549. The lowest BCUT2D eigenvalue weighted by Crippen LogP contribution is -2.48. The first-order valence-electron chi connectivity index (χ1n) is 7.87. The van der Waals surface area contributed by atoms with Gasteiger partial charge in [0.1, 0.15) is 6.10 Å². The van der Waals surface area contributed by atoms with Crippen molar-refractivity contribution in [2.45, 2.75) is 39.0 Å². The molecule has 1 aromatic carbocycles. The summed E-state index contributed by atoms with van der Waals surface area (Å²) in [5.74, 6) is -0.633. The Morgan fingerprint density at radius 1 is 1.21 bits per heavy atom. The smallest absolute Gasteiger partial charge is 0.239 e. The van der Waals surface area contributed by atoms with Crippen molar-refractivity contribution in [1.29, 1.82) is 0 Å². The van der Waals surface area contributed by atoms with Crippen LogP contribution >= 0.6 is 11.6 Å². The number of hydrogen-bond acceptors (Lipinski definition) is 4. The summed E-state index contributed by atoms with van der Waals surface area (Å²) in [5.41, 5.74) is 6.63. The molecule has 4 N–H and O–H groups in total. The van der Waals surface area contributed by atoms with Gasteiger partial charge in [-0.15, -0.1) is 0 Å². The zero-order valence-electron chi connectivity index (χ0n) is 14.5. The number of carbonyl (C=O) groups excluding carboxylic acids is 2. The van der Waals surface area contributed by atoms with Crippen molar-refractivity contribution < 1.29 is 14.3 Å². The average Bonchev–Trinajstić information content (AvgIpc) is 2.54. The van der Waals surface area contributed by atoms with Crippen LogP contribution in [0, 0.1) is 5.92 Å². The minimum Gasteiger partial charge on any atom is -0.375 e. The van der Waals surface area contributed by atoms with E-state index >= 15 is 0 Å². The number of hydrogen-bond donors (Lipinski definition) is 3. The van der Waals surface area contributed by atoms with E-state index in [-0.39, 0.29) is 36.4 Å². The van der Waals surface area contributed by atoms with Crippen LogP contribution in [0.1, 0.15) is 32.4 Å². The highest BCUT2D eigenvalue weighted by molar-refractivity contribution is 6.30. The predicted octanol–water partition coefficient (Wildman–Crippen LogP) is 1.63. The standard InChI is InChI=1S/C17H26ClN3O3/c1-10(2)15(19)17(23)20-9-14(22)21-11(3)16(24-4)12-5-7-13(18)8-6-12/h5-8,10-11,15-16H,9,19H2,1-4H3,(H,20,23)(H,21,22)/t11?,15-,16?/m0/s1. The van der Waals surface area contributed by atoms with E-state index in [4.69, 9.17) is 22.1 Å². The highest BCUT2D eigenvalue weighted by Crippen LogP contribution is 2.22. The molecule has 0 spiro atoms. The van der Waals surface area contributed by atoms with Gasteiger partial charge in [0.05, 0.1) is 18.6 Å². The molecule has 6 nitrogen and oxygen atoms in total. The lowest BCUT2D eigenvalue weighted by molar-refractivity contribution is -0.128. The normalized spacial score (nSPS) is 14.8. The van der Waals surface area contributed by atoms with Crippen molar-refractivity contribution in [2.24, 2.45) is 11.7 Å². The van der Waals surface area contributed by atoms with Crippen molar-refractivity contribution in [3.63, 3.8) is 0 Å². The molecule has 24 heavy (non-hydrogen) atoms. The molecule has 2 amide bonds. The van der Waals surface area contributed by atoms with Crippen molar-refractivity contribution in [3.8, 4) is 0 Å². The molecule has 3 atom stereocenters. The summed E-state index contributed by atoms with van der Waals surface area (Å²) in [5, 5.41) is 5.99. The first kappa shape index (κ1) is 20.4. The van der Waals surface area contributed by atoms with Crippen molar-refractivity contribution >= 4 is 23.4 Å². The number of methoxy groups -OCH3 is 1. The van der Waals surface area contributed by atoms with Crippen LogP contribution in [-0.4, -0.2) is 37.6 Å². The van der Waals surface area contributed by atoms with Crippen LogP contribution in [0.3, 0.4) is 0 Å². The summed E-state index contributed by atoms with van der Waals surface area (Å²) in [6, 6.07) is 6.33. The molecule has 0 fully saturated rings. The number of rotatable bonds is 8. The second kappa shape index (κ2) is 9.61. The SMILES string of the molecule is COC(c1ccc(Cl)cc1)C(C)NC(=O)CNC(=O)[C@@H](N)C(C)C. The van der Waals surface area contributed by atoms with Gasteiger partial charge in [0.2, 0.25) is 11.8 Å². The second-order valence-corrected chi connectivity index (χ2v) is 6.49. The maximum Gasteiger partial charge on any atom is 0.239 e. The van der Waals surface area contributed by atoms with Crippen LogP contribution in [-0.2, 0) is 14.3 Å². The van der Waals surface area contributed by atoms with Gasteiger partial charge in [0.25, 0.3) is 0 Å². The maximum absolute atomic E-state index is 12.0. The van der Waals surface area contributed by atoms with Crippen LogP contribution in [0.15, 0.2) is 24.3 Å². The Morgan fingerprint density at radius 2 is 1.79 bits per heavy atom. The van der Waals surface area contributed by atoms with E-state index in [1.54, 1.807) is 19.2 Å². The predicted molar refractivity (Wildman–Crippen MR) is 94.6 cm³/mol. The summed E-state index contributed by atoms with van der Waals surface area (Å²) >= 11 is 5.88. The first-order chi connectivity index (χ1) is 11.3. The Labute approximate surface area is 148 Å². The lowest BCUT2D eigenvalue weighted by atomic mass is 10.0. The second-order valence-electron chi connectivity index (χ2n) is 6.05. The molecule has 0 saturated carbocycles. The summed E-state index contributed by atoms with van der Waals surface area (Å²) in [7, 11) is 1.57. The molecule has 0 bridgehead atoms. The van der Waals surface area contributed by atoms with Gasteiger partial charge < -0.3 is 21.1 Å². The average molecular weight is 356 g/mol. The molecule has 1 aromatic rings. The topological polar surface area (TPSA) is 93.5 Å². The number of benzene rings is 1. The van der Waals surface area contributed by atoms with Gasteiger partial charge in [-0.2, -0.15) is 0 Å². The van der Waals surface area contributed by atoms with Crippen LogP contribution in [0.4, 0.5) is 0 Å². The largest absolute Gasteiger partial charge is 0.375 e. The molecule has 0 saturated heterocycles. The van der Waals surface area contributed by atoms with Gasteiger partial charge in [-0.05, 0) is 30.5 Å². The first-order valence-corrected chi connectivity index (χ1v) is 8.25. The minimum absolute atomic E-state index is 0.00904. The number of amides is 2. The van der Waals surface area contributed by atoms with E-state index in [1.807, 2.05) is 32.9 Å². The zero-order chi connectivity index (χ0) is 18.3. The molecule has 7 heteroatoms. The van der Waals surface area contributed by atoms with Crippen molar-refractivity contribution in [3.05, 3.63) is 34.9 Å². The molecule has 0 aliphatic rings. The molecule has 2 unspecified atom stereocenters. The molecule has 0 aromatic heterocycles. The van der Waals surface area contributed by atoms with Gasteiger partial charge in [-0.3, -0.25) is 9.59 Å². The third kappa shape index (κ3) is 6.11. The van der Waals surface area contributed by atoms with E-state index in [0.29, 0.717) is 5.02 Å². The van der Waals surface area contributed by atoms with Crippen molar-refractivity contribution in [2.75, 3.05) is 13.7 Å². The third-order valence-electron chi connectivity index (χ3n) is 3.74. The number of nitrogens with two attached hydrogens (primary N) is 1. The van der Waals surface area contributed by atoms with Gasteiger partial charge in [-0.1, -0.05) is 37.6 Å². The molecule has 0 aliphatic heterocycles. The van der Waals surface area contributed by atoms with Crippen molar-refractivity contribution in [1.82, 2.24) is 10.6 Å². The molecule has 1 rings (SSSR count). The number of nitrogens with one attached hydrogen (secondary N) is 2. The fourth-order valence-electron chi connectivity index (χ4n) is 2.25. The van der Waals surface area contributed by atoms with E-state index in [9.17, 15) is 9.59 Å². The highest BCUT2D eigenvalue weighted by atomic mass is 35.5. The molecule has 0 radical (unpaired) electrons. The van der Waals surface area contributed by atoms with E-state index in [1.165, 1.54) is 0 Å². The molecule has 0 heterocycles. The summed E-state index contributed by atoms with van der Waals surface area (Å²) in [4.78, 5) is 23.8. The van der Waals surface area contributed by atoms with Crippen LogP contribution in [0.25, 0.3) is 0 Å². The van der Waals surface area contributed by atoms with Gasteiger partial charge >= 0.3 is 0 Å². The molecular formula is C17H26ClN3O3. The Morgan fingerprint density at radius 3 is 2.29 bits per heavy atom. The number of carbonyl (C=O) groups is 2. The molecule has 0 aliphatic carbocycles. The summed E-state index contributed by atoms with van der Waals surface area (Å²) in [6.45, 7) is 5.41. The Hall–Kier alpha value is -1.63. The number of halogens is 1. The zero-order valence-corrected chi connectivity index (χ0v) is 15.3. The van der Waals surface area contributed by atoms with Crippen LogP contribution < -0.4 is 16.4 Å².